The van der Waals surface area contributed by atoms with Crippen LogP contribution in [-0.2, 0) is 19.0 Å². The first kappa shape index (κ1) is 31.3. The fourth-order valence-corrected chi connectivity index (χ4v) is 10.6. The minimum absolute atomic E-state index is 0.0385. The van der Waals surface area contributed by atoms with Crippen LogP contribution in [0.2, 0.25) is 0 Å². The first-order valence-corrected chi connectivity index (χ1v) is 17.7. The molecular formula is C39H58O4. The Balaban J connectivity index is 1.06. The third-order valence-electron chi connectivity index (χ3n) is 13.2. The average Bonchev–Trinajstić information content (AvgIpc) is 3.35. The van der Waals surface area contributed by atoms with Crippen molar-refractivity contribution in [3.63, 3.8) is 0 Å². The van der Waals surface area contributed by atoms with Gasteiger partial charge in [0.15, 0.2) is 6.29 Å². The molecule has 238 valence electrons. The molecule has 6 rings (SSSR count). The van der Waals surface area contributed by atoms with Gasteiger partial charge in [0.2, 0.25) is 0 Å². The van der Waals surface area contributed by atoms with Crippen LogP contribution >= 0.6 is 0 Å². The van der Waals surface area contributed by atoms with E-state index in [4.69, 9.17) is 14.2 Å². The van der Waals surface area contributed by atoms with Gasteiger partial charge in [0.05, 0.1) is 13.2 Å². The Morgan fingerprint density at radius 3 is 2.40 bits per heavy atom. The molecule has 1 heterocycles. The number of carbonyl (C=O) groups is 1. The largest absolute Gasteiger partial charge is 0.461 e. The molecule has 0 radical (unpaired) electrons. The van der Waals surface area contributed by atoms with E-state index in [2.05, 4.69) is 40.7 Å². The van der Waals surface area contributed by atoms with Crippen molar-refractivity contribution in [2.75, 3.05) is 13.2 Å². The lowest BCUT2D eigenvalue weighted by molar-refractivity contribution is -0.238. The highest BCUT2D eigenvalue weighted by atomic mass is 16.7. The Kier molecular flexibility index (Phi) is 8.94. The van der Waals surface area contributed by atoms with Gasteiger partial charge >= 0.3 is 5.97 Å². The normalized spacial score (nSPS) is 41.5. The zero-order chi connectivity index (χ0) is 30.4. The Morgan fingerprint density at radius 1 is 0.930 bits per heavy atom. The molecule has 8 atom stereocenters. The van der Waals surface area contributed by atoms with E-state index in [0.29, 0.717) is 18.6 Å². The van der Waals surface area contributed by atoms with Gasteiger partial charge in [0.1, 0.15) is 11.5 Å². The fourth-order valence-electron chi connectivity index (χ4n) is 10.6. The standard InChI is InChI=1S/C39H58O4/c1-26(2)11-10-12-27(3)32-17-18-33-31-16-15-29-23-30(19-21-38(29,5)34(31)20-22-39(32,33)6)43-36(40)37(4)24-41-35(42-25-37)28-13-8-7-9-14-28/h7-9,13-15,26-27,30-35H,10-12,16-25H2,1-6H3/t27-,30+,31-,32+,33-,34-,35?,37?,38+,39+/m1/s1. The van der Waals surface area contributed by atoms with Crippen LogP contribution in [0, 0.1) is 51.8 Å². The maximum absolute atomic E-state index is 13.4. The smallest absolute Gasteiger partial charge is 0.316 e. The van der Waals surface area contributed by atoms with Gasteiger partial charge in [-0.25, -0.2) is 0 Å². The van der Waals surface area contributed by atoms with Gasteiger partial charge in [0, 0.05) is 12.0 Å². The van der Waals surface area contributed by atoms with Crippen LogP contribution in [-0.4, -0.2) is 25.3 Å². The van der Waals surface area contributed by atoms with Crippen molar-refractivity contribution >= 4 is 5.97 Å². The maximum atomic E-state index is 13.4. The zero-order valence-corrected chi connectivity index (χ0v) is 27.9. The predicted octanol–water partition coefficient (Wildman–Crippen LogP) is 9.69. The lowest BCUT2D eigenvalue weighted by atomic mass is 9.47. The number of rotatable bonds is 8. The molecule has 1 aliphatic heterocycles. The summed E-state index contributed by atoms with van der Waals surface area (Å²) in [5.41, 5.74) is 2.57. The first-order chi connectivity index (χ1) is 20.5. The topological polar surface area (TPSA) is 44.8 Å². The van der Waals surface area contributed by atoms with E-state index in [-0.39, 0.29) is 17.5 Å². The summed E-state index contributed by atoms with van der Waals surface area (Å²) >= 11 is 0. The second-order valence-corrected chi connectivity index (χ2v) is 16.5. The highest BCUT2D eigenvalue weighted by Crippen LogP contribution is 2.67. The minimum Gasteiger partial charge on any atom is -0.461 e. The summed E-state index contributed by atoms with van der Waals surface area (Å²) in [6.45, 7) is 15.1. The summed E-state index contributed by atoms with van der Waals surface area (Å²) in [7, 11) is 0. The molecule has 3 saturated carbocycles. The third kappa shape index (κ3) is 5.89. The Labute approximate surface area is 261 Å². The molecule has 1 aromatic carbocycles. The van der Waals surface area contributed by atoms with Crippen LogP contribution in [0.4, 0.5) is 0 Å². The summed E-state index contributed by atoms with van der Waals surface area (Å²) in [6.07, 6.45) is 16.2. The molecule has 0 N–H and O–H groups in total. The van der Waals surface area contributed by atoms with E-state index < -0.39 is 11.7 Å². The Hall–Kier alpha value is -1.65. The summed E-state index contributed by atoms with van der Waals surface area (Å²) < 4.78 is 18.3. The maximum Gasteiger partial charge on any atom is 0.316 e. The quantitative estimate of drug-likeness (QED) is 0.223. The number of fused-ring (bicyclic) bond motifs is 5. The molecule has 1 aromatic rings. The second kappa shape index (κ2) is 12.3. The van der Waals surface area contributed by atoms with Crippen molar-refractivity contribution in [3.05, 3.63) is 47.5 Å². The third-order valence-corrected chi connectivity index (χ3v) is 13.2. The second-order valence-electron chi connectivity index (χ2n) is 16.5. The minimum atomic E-state index is -0.767. The van der Waals surface area contributed by atoms with Crippen molar-refractivity contribution in [2.24, 2.45) is 51.8 Å². The average molecular weight is 591 g/mol. The van der Waals surface area contributed by atoms with Gasteiger partial charge in [-0.3, -0.25) is 4.79 Å². The number of hydrogen-bond donors (Lipinski definition) is 0. The van der Waals surface area contributed by atoms with Crippen LogP contribution in [0.1, 0.15) is 124 Å². The van der Waals surface area contributed by atoms with Crippen LogP contribution in [0.5, 0.6) is 0 Å². The van der Waals surface area contributed by atoms with Gasteiger partial charge in [-0.15, -0.1) is 0 Å². The number of carbonyl (C=O) groups excluding carboxylic acids is 1. The van der Waals surface area contributed by atoms with Crippen LogP contribution in [0.25, 0.3) is 0 Å². The molecule has 43 heavy (non-hydrogen) atoms. The van der Waals surface area contributed by atoms with E-state index in [1.165, 1.54) is 51.4 Å². The Bertz CT molecular complexity index is 1150. The van der Waals surface area contributed by atoms with Crippen molar-refractivity contribution < 1.29 is 19.0 Å². The molecule has 0 bridgehead atoms. The molecule has 0 aromatic heterocycles. The summed E-state index contributed by atoms with van der Waals surface area (Å²) in [4.78, 5) is 13.4. The predicted molar refractivity (Wildman–Crippen MR) is 172 cm³/mol. The molecular weight excluding hydrogens is 532 g/mol. The molecule has 0 amide bonds. The van der Waals surface area contributed by atoms with Gasteiger partial charge < -0.3 is 14.2 Å². The molecule has 4 nitrogen and oxygen atoms in total. The highest BCUT2D eigenvalue weighted by molar-refractivity contribution is 5.77. The number of ether oxygens (including phenoxy) is 3. The number of hydrogen-bond acceptors (Lipinski definition) is 4. The van der Waals surface area contributed by atoms with Crippen molar-refractivity contribution in [1.82, 2.24) is 0 Å². The Morgan fingerprint density at radius 2 is 1.67 bits per heavy atom. The van der Waals surface area contributed by atoms with Gasteiger partial charge in [-0.05, 0) is 98.2 Å². The summed E-state index contributed by atoms with van der Waals surface area (Å²) in [5, 5.41) is 0. The van der Waals surface area contributed by atoms with E-state index in [1.807, 2.05) is 37.3 Å². The van der Waals surface area contributed by atoms with Crippen molar-refractivity contribution in [2.45, 2.75) is 125 Å². The van der Waals surface area contributed by atoms with Gasteiger partial charge in [-0.2, -0.15) is 0 Å². The lowest BCUT2D eigenvalue weighted by Crippen LogP contribution is -2.51. The van der Waals surface area contributed by atoms with Gasteiger partial charge in [0.25, 0.3) is 0 Å². The summed E-state index contributed by atoms with van der Waals surface area (Å²) in [6, 6.07) is 9.95. The van der Waals surface area contributed by atoms with Crippen LogP contribution < -0.4 is 0 Å². The number of allylic oxidation sites excluding steroid dienone is 1. The molecule has 4 aliphatic carbocycles. The number of esters is 1. The zero-order valence-electron chi connectivity index (χ0n) is 27.9. The van der Waals surface area contributed by atoms with Crippen molar-refractivity contribution in [1.29, 1.82) is 0 Å². The highest BCUT2D eigenvalue weighted by Gasteiger charge is 2.59. The van der Waals surface area contributed by atoms with E-state index in [1.54, 1.807) is 5.57 Å². The molecule has 4 fully saturated rings. The van der Waals surface area contributed by atoms with E-state index >= 15 is 0 Å². The van der Waals surface area contributed by atoms with Gasteiger partial charge in [-0.1, -0.05) is 95.9 Å². The van der Waals surface area contributed by atoms with Crippen LogP contribution in [0.3, 0.4) is 0 Å². The summed E-state index contributed by atoms with van der Waals surface area (Å²) in [5.74, 6) is 4.89. The van der Waals surface area contributed by atoms with Crippen molar-refractivity contribution in [3.8, 4) is 0 Å². The lowest BCUT2D eigenvalue weighted by Gasteiger charge is -2.58. The molecule has 5 aliphatic rings. The number of benzene rings is 1. The molecule has 0 unspecified atom stereocenters. The molecule has 4 heteroatoms. The SMILES string of the molecule is CC(C)CCC[C@@H](C)[C@@H]1CC[C@@H]2[C@H]3CC=C4C[C@@H](OC(=O)C5(C)COC(c6ccccc6)OC5)CC[C@]4(C)[C@@H]3CC[C@]21C. The van der Waals surface area contributed by atoms with E-state index in [9.17, 15) is 4.79 Å². The monoisotopic (exact) mass is 590 g/mol. The molecule has 1 saturated heterocycles. The van der Waals surface area contributed by atoms with E-state index in [0.717, 1.165) is 60.3 Å². The molecule has 0 spiro atoms. The first-order valence-electron chi connectivity index (χ1n) is 17.7. The fraction of sp³-hybridized carbons (Fsp3) is 0.769. The van der Waals surface area contributed by atoms with Crippen LogP contribution in [0.15, 0.2) is 42.0 Å².